The molecule has 0 saturated carbocycles. The van der Waals surface area contributed by atoms with E-state index in [1.165, 1.54) is 30.2 Å². The Morgan fingerprint density at radius 2 is 1.43 bits per heavy atom. The van der Waals surface area contributed by atoms with Crippen molar-refractivity contribution in [3.8, 4) is 11.3 Å². The lowest BCUT2D eigenvalue weighted by Gasteiger charge is -2.35. The SMILES string of the molecule is O=C(Nc1nc(-c2cccc(C(F)(F)F)c2)cs1)N1CCN(c2cc(N3CCCC3)nc(N3CCCC3)n2)CC1. The molecule has 5 heterocycles. The van der Waals surface area contributed by atoms with Crippen molar-refractivity contribution in [3.63, 3.8) is 0 Å². The molecule has 0 atom stereocenters. The standard InChI is InChI=1S/C27H31F3N8OS/c28-27(29,30)20-7-5-6-19(16-20)21-18-40-25(31-21)34-26(39)38-14-12-36(13-15-38)23-17-22(35-8-1-2-9-35)32-24(33-23)37-10-3-4-11-37/h5-7,16-18H,1-4,8-15H2,(H,31,34,39). The molecule has 0 radical (unpaired) electrons. The molecule has 6 rings (SSSR count). The van der Waals surface area contributed by atoms with Gasteiger partial charge in [0.1, 0.15) is 11.6 Å². The van der Waals surface area contributed by atoms with Crippen LogP contribution < -0.4 is 20.0 Å². The summed E-state index contributed by atoms with van der Waals surface area (Å²) in [5, 5.41) is 4.80. The molecule has 212 valence electrons. The van der Waals surface area contributed by atoms with Gasteiger partial charge in [0.25, 0.3) is 0 Å². The number of halogens is 3. The van der Waals surface area contributed by atoms with E-state index < -0.39 is 11.7 Å². The summed E-state index contributed by atoms with van der Waals surface area (Å²) in [5.74, 6) is 2.66. The molecule has 9 nitrogen and oxygen atoms in total. The molecule has 13 heteroatoms. The Bertz CT molecular complexity index is 1310. The number of hydrogen-bond acceptors (Lipinski definition) is 8. The first-order valence-corrected chi connectivity index (χ1v) is 14.5. The Morgan fingerprint density at radius 3 is 2.08 bits per heavy atom. The first-order valence-electron chi connectivity index (χ1n) is 13.7. The number of piperazine rings is 1. The molecule has 40 heavy (non-hydrogen) atoms. The van der Waals surface area contributed by atoms with E-state index in [2.05, 4.69) is 31.1 Å². The Balaban J connectivity index is 1.09. The van der Waals surface area contributed by atoms with Crippen LogP contribution in [-0.2, 0) is 6.18 Å². The minimum Gasteiger partial charge on any atom is -0.356 e. The summed E-state index contributed by atoms with van der Waals surface area (Å²) in [5.41, 5.74) is 0.0134. The first-order chi connectivity index (χ1) is 19.3. The monoisotopic (exact) mass is 572 g/mol. The molecule has 3 aliphatic rings. The van der Waals surface area contributed by atoms with E-state index in [1.54, 1.807) is 16.3 Å². The summed E-state index contributed by atoms with van der Waals surface area (Å²) >= 11 is 1.19. The second-order valence-electron chi connectivity index (χ2n) is 10.3. The predicted molar refractivity (Wildman–Crippen MR) is 150 cm³/mol. The van der Waals surface area contributed by atoms with Crippen LogP contribution in [0.5, 0.6) is 0 Å². The normalized spacial score (nSPS) is 18.1. The van der Waals surface area contributed by atoms with E-state index in [9.17, 15) is 18.0 Å². The van der Waals surface area contributed by atoms with Crippen molar-refractivity contribution in [2.24, 2.45) is 0 Å². The minimum absolute atomic E-state index is 0.275. The number of nitrogens with one attached hydrogen (secondary N) is 1. The van der Waals surface area contributed by atoms with Crippen LogP contribution in [0.15, 0.2) is 35.7 Å². The highest BCUT2D eigenvalue weighted by atomic mass is 32.1. The fraction of sp³-hybridized carbons (Fsp3) is 0.481. The number of carbonyl (C=O) groups is 1. The van der Waals surface area contributed by atoms with Gasteiger partial charge in [0.05, 0.1) is 11.3 Å². The number of nitrogens with zero attached hydrogens (tertiary/aromatic N) is 7. The van der Waals surface area contributed by atoms with Crippen LogP contribution in [0.3, 0.4) is 0 Å². The molecular formula is C27H31F3N8OS. The second kappa shape index (κ2) is 11.1. The number of aromatic nitrogens is 3. The number of alkyl halides is 3. The number of benzene rings is 1. The van der Waals surface area contributed by atoms with E-state index in [-0.39, 0.29) is 6.03 Å². The second-order valence-corrected chi connectivity index (χ2v) is 11.2. The van der Waals surface area contributed by atoms with Crippen LogP contribution in [0.25, 0.3) is 11.3 Å². The number of amides is 2. The molecule has 3 aromatic rings. The number of carbonyl (C=O) groups excluding carboxylic acids is 1. The molecule has 2 amide bonds. The topological polar surface area (TPSA) is 80.7 Å². The summed E-state index contributed by atoms with van der Waals surface area (Å²) in [6, 6.07) is 6.83. The fourth-order valence-corrected chi connectivity index (χ4v) is 6.08. The third kappa shape index (κ3) is 5.79. The van der Waals surface area contributed by atoms with E-state index >= 15 is 0 Å². The van der Waals surface area contributed by atoms with Crippen molar-refractivity contribution in [1.29, 1.82) is 0 Å². The van der Waals surface area contributed by atoms with Gasteiger partial charge in [0.2, 0.25) is 5.95 Å². The number of rotatable bonds is 5. The Kier molecular flexibility index (Phi) is 7.39. The van der Waals surface area contributed by atoms with E-state index in [4.69, 9.17) is 9.97 Å². The van der Waals surface area contributed by atoms with Gasteiger partial charge >= 0.3 is 12.2 Å². The Labute approximate surface area is 234 Å². The summed E-state index contributed by atoms with van der Waals surface area (Å²) < 4.78 is 39.3. The first kappa shape index (κ1) is 26.6. The Morgan fingerprint density at radius 1 is 0.800 bits per heavy atom. The van der Waals surface area contributed by atoms with Gasteiger partial charge < -0.3 is 19.6 Å². The number of anilines is 4. The molecule has 0 spiro atoms. The van der Waals surface area contributed by atoms with Crippen LogP contribution in [0.1, 0.15) is 31.2 Å². The molecule has 1 N–H and O–H groups in total. The minimum atomic E-state index is -4.43. The summed E-state index contributed by atoms with van der Waals surface area (Å²) in [7, 11) is 0. The molecule has 1 aromatic carbocycles. The van der Waals surface area contributed by atoms with Crippen molar-refractivity contribution >= 4 is 40.1 Å². The van der Waals surface area contributed by atoms with Gasteiger partial charge in [-0.1, -0.05) is 12.1 Å². The van der Waals surface area contributed by atoms with Crippen molar-refractivity contribution in [1.82, 2.24) is 19.9 Å². The highest BCUT2D eigenvalue weighted by molar-refractivity contribution is 7.14. The lowest BCUT2D eigenvalue weighted by molar-refractivity contribution is -0.137. The predicted octanol–water partition coefficient (Wildman–Crippen LogP) is 5.17. The lowest BCUT2D eigenvalue weighted by Crippen LogP contribution is -2.50. The largest absolute Gasteiger partial charge is 0.416 e. The smallest absolute Gasteiger partial charge is 0.356 e. The zero-order chi connectivity index (χ0) is 27.7. The van der Waals surface area contributed by atoms with Gasteiger partial charge in [0.15, 0.2) is 5.13 Å². The van der Waals surface area contributed by atoms with Gasteiger partial charge in [-0.2, -0.15) is 23.1 Å². The van der Waals surface area contributed by atoms with Gasteiger partial charge in [0, 0.05) is 69.4 Å². The van der Waals surface area contributed by atoms with Gasteiger partial charge in [-0.15, -0.1) is 11.3 Å². The molecule has 2 aromatic heterocycles. The lowest BCUT2D eigenvalue weighted by atomic mass is 10.1. The average molecular weight is 573 g/mol. The highest BCUT2D eigenvalue weighted by Gasteiger charge is 2.31. The summed E-state index contributed by atoms with van der Waals surface area (Å²) in [6.45, 7) is 6.27. The van der Waals surface area contributed by atoms with Crippen LogP contribution >= 0.6 is 11.3 Å². The highest BCUT2D eigenvalue weighted by Crippen LogP contribution is 2.33. The number of thiazole rings is 1. The third-order valence-electron chi connectivity index (χ3n) is 7.60. The molecule has 0 aliphatic carbocycles. The van der Waals surface area contributed by atoms with Crippen molar-refractivity contribution in [3.05, 3.63) is 41.3 Å². The van der Waals surface area contributed by atoms with E-state index in [0.717, 1.165) is 68.7 Å². The maximum absolute atomic E-state index is 13.1. The molecule has 3 aliphatic heterocycles. The summed E-state index contributed by atoms with van der Waals surface area (Å²) in [6.07, 6.45) is 0.226. The molecule has 0 unspecified atom stereocenters. The van der Waals surface area contributed by atoms with E-state index in [0.29, 0.717) is 42.6 Å². The van der Waals surface area contributed by atoms with Crippen LogP contribution in [0, 0.1) is 0 Å². The quantitative estimate of drug-likeness (QED) is 0.452. The van der Waals surface area contributed by atoms with Crippen LogP contribution in [0.4, 0.5) is 40.7 Å². The zero-order valence-electron chi connectivity index (χ0n) is 22.0. The fourth-order valence-electron chi connectivity index (χ4n) is 5.37. The molecule has 3 fully saturated rings. The van der Waals surface area contributed by atoms with Crippen molar-refractivity contribution < 1.29 is 18.0 Å². The van der Waals surface area contributed by atoms with Crippen LogP contribution in [0.2, 0.25) is 0 Å². The number of urea groups is 1. The van der Waals surface area contributed by atoms with Crippen LogP contribution in [-0.4, -0.2) is 78.2 Å². The average Bonchev–Trinajstić information content (AvgIpc) is 3.76. The van der Waals surface area contributed by atoms with E-state index in [1.807, 2.05) is 0 Å². The zero-order valence-corrected chi connectivity index (χ0v) is 22.8. The summed E-state index contributed by atoms with van der Waals surface area (Å²) in [4.78, 5) is 35.7. The molecule has 0 bridgehead atoms. The van der Waals surface area contributed by atoms with Crippen molar-refractivity contribution in [2.75, 3.05) is 72.4 Å². The number of hydrogen-bond donors (Lipinski definition) is 1. The molecular weight excluding hydrogens is 541 g/mol. The Hall–Kier alpha value is -3.61. The van der Waals surface area contributed by atoms with Crippen molar-refractivity contribution in [2.45, 2.75) is 31.9 Å². The molecule has 3 saturated heterocycles. The third-order valence-corrected chi connectivity index (χ3v) is 8.36. The van der Waals surface area contributed by atoms with Gasteiger partial charge in [-0.05, 0) is 37.8 Å². The van der Waals surface area contributed by atoms with Gasteiger partial charge in [-0.25, -0.2) is 9.78 Å². The maximum atomic E-state index is 13.1. The van der Waals surface area contributed by atoms with Gasteiger partial charge in [-0.3, -0.25) is 5.32 Å². The maximum Gasteiger partial charge on any atom is 0.416 e.